The van der Waals surface area contributed by atoms with Gasteiger partial charge in [-0.1, -0.05) is 0 Å². The van der Waals surface area contributed by atoms with Crippen molar-refractivity contribution in [2.24, 2.45) is 0 Å². The van der Waals surface area contributed by atoms with Crippen molar-refractivity contribution in [1.29, 1.82) is 0 Å². The largest absolute Gasteiger partial charge is 4.00 e. The third-order valence-electron chi connectivity index (χ3n) is 1.13. The van der Waals surface area contributed by atoms with Crippen LogP contribution < -0.4 is 0 Å². The predicted octanol–water partition coefficient (Wildman–Crippen LogP) is -0.175. The third kappa shape index (κ3) is 21.6. The summed E-state index contributed by atoms with van der Waals surface area (Å²) in [6, 6.07) is 0. The fourth-order valence-corrected chi connectivity index (χ4v) is 0. The van der Waals surface area contributed by atoms with Gasteiger partial charge in [0.15, 0.2) is 40.5 Å². The van der Waals surface area contributed by atoms with Crippen LogP contribution in [0, 0.1) is 0 Å². The minimum atomic E-state index is -6.09. The summed E-state index contributed by atoms with van der Waals surface area (Å²) in [5.41, 5.74) is -22.6. The van der Waals surface area contributed by atoms with E-state index in [1.165, 1.54) is 0 Å². The molecule has 0 aromatic heterocycles. The van der Waals surface area contributed by atoms with Crippen LogP contribution in [0.1, 0.15) is 0 Å². The first kappa shape index (κ1) is 42.5. The van der Waals surface area contributed by atoms with Crippen LogP contribution >= 0.6 is 0 Å². The number of hydrogen-bond donors (Lipinski definition) is 0. The monoisotopic (exact) mass is 670 g/mol. The molecule has 0 fully saturated rings. The van der Waals surface area contributed by atoms with Crippen LogP contribution in [-0.2, 0) is 40.5 Å². The molecule has 0 radical (unpaired) electrons. The van der Waals surface area contributed by atoms with E-state index in [-0.39, 0.29) is 17.6 Å². The molecule has 0 atom stereocenters. The summed E-state index contributed by atoms with van der Waals surface area (Å²) in [6.07, 6.45) is 0. The Morgan fingerprint density at radius 2 is 0.364 bits per heavy atom. The van der Waals surface area contributed by atoms with Crippen molar-refractivity contribution in [3.63, 3.8) is 0 Å². The van der Waals surface area contributed by atoms with Crippen molar-refractivity contribution in [1.82, 2.24) is 0 Å². The van der Waals surface area contributed by atoms with Crippen LogP contribution in [-0.4, -0.2) is 91.5 Å². The van der Waals surface area contributed by atoms with Crippen LogP contribution in [0.25, 0.3) is 0 Å². The van der Waals surface area contributed by atoms with E-state index in [9.17, 15) is 52.7 Å². The van der Waals surface area contributed by atoms with Crippen LogP contribution in [0.15, 0.2) is 0 Å². The van der Waals surface area contributed by atoms with E-state index < -0.39 is 62.5 Å². The number of alkyl halides is 12. The average molecular weight is 669 g/mol. The Kier molecular flexibility index (Phi) is 16.6. The fraction of sp³-hybridized carbons (Fsp3) is 1.00. The summed E-state index contributed by atoms with van der Waals surface area (Å²) in [4.78, 5) is 0. The van der Waals surface area contributed by atoms with E-state index in [4.69, 9.17) is 51.9 Å². The van der Waals surface area contributed by atoms with Crippen LogP contribution in [0.4, 0.5) is 52.7 Å². The van der Waals surface area contributed by atoms with E-state index in [1.807, 2.05) is 0 Å². The van der Waals surface area contributed by atoms with Gasteiger partial charge in [0.2, 0.25) is 0 Å². The maximum atomic E-state index is 10.7. The van der Waals surface area contributed by atoms with Crippen LogP contribution in [0.2, 0.25) is 0 Å². The first-order valence-corrected chi connectivity index (χ1v) is 10.7. The molecule has 0 bridgehead atoms. The standard InChI is InChI=1S/4CHF3O3S.Ge/c4*2-1(3,4)8(5,6)7;/h4*(H,5,6,7);/q;;;;+4/p-4. The van der Waals surface area contributed by atoms with E-state index >= 15 is 0 Å². The van der Waals surface area contributed by atoms with Crippen molar-refractivity contribution in [2.75, 3.05) is 0 Å². The van der Waals surface area contributed by atoms with Crippen LogP contribution in [0.5, 0.6) is 0 Å². The van der Waals surface area contributed by atoms with Gasteiger partial charge in [-0.05, 0) is 0 Å². The molecule has 0 rings (SSSR count). The molecule has 0 aliphatic heterocycles. The van der Waals surface area contributed by atoms with Gasteiger partial charge in [-0.25, -0.2) is 33.7 Å². The molecule has 0 spiro atoms. The molecule has 0 amide bonds. The molecule has 0 aromatic carbocycles. The van der Waals surface area contributed by atoms with E-state index in [0.29, 0.717) is 0 Å². The van der Waals surface area contributed by atoms with Gasteiger partial charge in [-0.2, -0.15) is 52.7 Å². The van der Waals surface area contributed by atoms with Gasteiger partial charge < -0.3 is 18.2 Å². The second-order valence-electron chi connectivity index (χ2n) is 3.60. The van der Waals surface area contributed by atoms with Crippen molar-refractivity contribution >= 4 is 58.1 Å². The van der Waals surface area contributed by atoms with Gasteiger partial charge in [0, 0.05) is 0 Å². The minimum Gasteiger partial charge on any atom is -0.741 e. The van der Waals surface area contributed by atoms with E-state index in [0.717, 1.165) is 0 Å². The zero-order chi connectivity index (χ0) is 28.0. The Hall–Kier alpha value is -0.657. The van der Waals surface area contributed by atoms with Gasteiger partial charge >= 0.3 is 39.6 Å². The summed E-state index contributed by atoms with van der Waals surface area (Å²) in [5, 5.41) is 0. The van der Waals surface area contributed by atoms with Gasteiger partial charge in [-0.15, -0.1) is 0 Å². The molecular weight excluding hydrogens is 669 g/mol. The molecule has 0 aliphatic carbocycles. The smallest absolute Gasteiger partial charge is 0.741 e. The summed E-state index contributed by atoms with van der Waals surface area (Å²) in [5.74, 6) is 0. The van der Waals surface area contributed by atoms with Crippen molar-refractivity contribution in [2.45, 2.75) is 22.0 Å². The second-order valence-corrected chi connectivity index (χ2v) is 9.08. The zero-order valence-corrected chi connectivity index (χ0v) is 18.9. The SMILES string of the molecule is O=S(=O)([O-])C(F)(F)F.O=S(=O)([O-])C(F)(F)F.O=S(=O)([O-])C(F)(F)F.O=S(=O)([O-])C(F)(F)F.[Ge+4]. The minimum absolute atomic E-state index is 0. The van der Waals surface area contributed by atoms with Gasteiger partial charge in [0.25, 0.3) is 0 Å². The number of hydrogen-bond acceptors (Lipinski definition) is 12. The van der Waals surface area contributed by atoms with Gasteiger partial charge in [-0.3, -0.25) is 0 Å². The van der Waals surface area contributed by atoms with Gasteiger partial charge in [0.1, 0.15) is 0 Å². The molecule has 0 aliphatic rings. The normalized spacial score (nSPS) is 13.6. The molecule has 0 saturated carbocycles. The Morgan fingerprint density at radius 1 is 0.333 bits per heavy atom. The Morgan fingerprint density at radius 3 is 0.364 bits per heavy atom. The molecule has 0 unspecified atom stereocenters. The molecule has 200 valence electrons. The third-order valence-corrected chi connectivity index (χ3v) is 3.40. The molecule has 0 aromatic rings. The molecule has 12 nitrogen and oxygen atoms in total. The molecule has 29 heteroatoms. The maximum absolute atomic E-state index is 10.7. The topological polar surface area (TPSA) is 229 Å². The fourth-order valence-electron chi connectivity index (χ4n) is 0. The second kappa shape index (κ2) is 12.9. The van der Waals surface area contributed by atoms with E-state index in [2.05, 4.69) is 0 Å². The molecular formula is C4F12GeO12S4. The predicted molar refractivity (Wildman–Crippen MR) is 68.8 cm³/mol. The van der Waals surface area contributed by atoms with Crippen molar-refractivity contribution in [3.05, 3.63) is 0 Å². The maximum Gasteiger partial charge on any atom is 4.00 e. The zero-order valence-electron chi connectivity index (χ0n) is 13.6. The first-order valence-electron chi connectivity index (χ1n) is 5.08. The molecule has 0 saturated heterocycles. The summed E-state index contributed by atoms with van der Waals surface area (Å²) in [7, 11) is -24.4. The van der Waals surface area contributed by atoms with E-state index in [1.54, 1.807) is 0 Å². The first-order chi connectivity index (χ1) is 13.0. The van der Waals surface area contributed by atoms with Crippen molar-refractivity contribution < 1.29 is 105 Å². The average Bonchev–Trinajstić information content (AvgIpc) is 2.30. The van der Waals surface area contributed by atoms with Crippen LogP contribution in [0.3, 0.4) is 0 Å². The number of rotatable bonds is 0. The summed E-state index contributed by atoms with van der Waals surface area (Å²) < 4.78 is 236. The Bertz CT molecular complexity index is 828. The molecule has 0 heterocycles. The molecule has 0 N–H and O–H groups in total. The quantitative estimate of drug-likeness (QED) is 0.142. The van der Waals surface area contributed by atoms with Gasteiger partial charge in [0.05, 0.1) is 0 Å². The molecule has 33 heavy (non-hydrogen) atoms. The van der Waals surface area contributed by atoms with Crippen molar-refractivity contribution in [3.8, 4) is 0 Å². The summed E-state index contributed by atoms with van der Waals surface area (Å²) >= 11 is 0. The summed E-state index contributed by atoms with van der Waals surface area (Å²) in [6.45, 7) is 0. The Labute approximate surface area is 184 Å². The Balaban J connectivity index is -0.000000105. The number of halogens is 12.